The van der Waals surface area contributed by atoms with Gasteiger partial charge in [-0.1, -0.05) is 63.6 Å². The van der Waals surface area contributed by atoms with Crippen molar-refractivity contribution in [3.8, 4) is 11.5 Å². The molecule has 0 aliphatic carbocycles. The fraction of sp³-hybridized carbons (Fsp3) is 0.600. The summed E-state index contributed by atoms with van der Waals surface area (Å²) in [6.07, 6.45) is 9.81. The van der Waals surface area contributed by atoms with E-state index in [9.17, 15) is 8.42 Å². The average Bonchev–Trinajstić information content (AvgIpc) is 2.92. The summed E-state index contributed by atoms with van der Waals surface area (Å²) in [7, 11) is -0.0716. The summed E-state index contributed by atoms with van der Waals surface area (Å²) in [5, 5.41) is 0. The molecule has 2 atom stereocenters. The zero-order chi connectivity index (χ0) is 28.1. The molecule has 39 heavy (non-hydrogen) atoms. The lowest BCUT2D eigenvalue weighted by atomic mass is 9.68. The first-order valence-corrected chi connectivity index (χ1v) is 16.5. The third kappa shape index (κ3) is 9.97. The minimum atomic E-state index is -3.33. The Hall–Kier alpha value is -1.78. The minimum Gasteiger partial charge on any atom is -0.468 e. The van der Waals surface area contributed by atoms with Crippen LogP contribution in [0.1, 0.15) is 75.3 Å². The van der Waals surface area contributed by atoms with Gasteiger partial charge in [0.25, 0.3) is 10.1 Å². The second-order valence-electron chi connectivity index (χ2n) is 10.4. The number of benzene rings is 2. The maximum atomic E-state index is 11.0. The lowest BCUT2D eigenvalue weighted by Crippen LogP contribution is -2.36. The van der Waals surface area contributed by atoms with Gasteiger partial charge in [0.05, 0.1) is 12.9 Å². The number of methoxy groups -OCH3 is 2. The molecule has 0 bridgehead atoms. The normalized spacial score (nSPS) is 19.0. The Morgan fingerprint density at radius 1 is 0.846 bits per heavy atom. The molecule has 1 heterocycles. The highest BCUT2D eigenvalue weighted by Gasteiger charge is 2.41. The van der Waals surface area contributed by atoms with E-state index in [1.807, 2.05) is 23.9 Å². The van der Waals surface area contributed by atoms with Gasteiger partial charge in [0.2, 0.25) is 0 Å². The van der Waals surface area contributed by atoms with Crippen LogP contribution < -0.4 is 9.47 Å². The summed E-state index contributed by atoms with van der Waals surface area (Å²) in [4.78, 5) is 1.29. The van der Waals surface area contributed by atoms with Crippen molar-refractivity contribution in [1.82, 2.24) is 0 Å². The first-order chi connectivity index (χ1) is 18.8. The molecule has 0 fully saturated rings. The van der Waals surface area contributed by atoms with Gasteiger partial charge in [0.15, 0.2) is 13.6 Å². The van der Waals surface area contributed by atoms with Crippen molar-refractivity contribution in [1.29, 1.82) is 0 Å². The summed E-state index contributed by atoms with van der Waals surface area (Å²) in [5.74, 6) is 3.04. The molecule has 0 aromatic heterocycles. The van der Waals surface area contributed by atoms with Gasteiger partial charge in [0, 0.05) is 30.3 Å². The van der Waals surface area contributed by atoms with Crippen molar-refractivity contribution in [2.45, 2.75) is 74.5 Å². The fourth-order valence-electron chi connectivity index (χ4n) is 5.18. The largest absolute Gasteiger partial charge is 0.468 e. The Balaban J connectivity index is 1.62. The molecule has 2 aromatic carbocycles. The molecule has 9 heteroatoms. The van der Waals surface area contributed by atoms with E-state index in [4.69, 9.17) is 23.1 Å². The number of hydrogen-bond acceptors (Lipinski definition) is 8. The van der Waals surface area contributed by atoms with E-state index in [0.29, 0.717) is 5.92 Å². The van der Waals surface area contributed by atoms with Crippen molar-refractivity contribution >= 4 is 21.9 Å². The second-order valence-corrected chi connectivity index (χ2v) is 13.0. The van der Waals surface area contributed by atoms with Crippen molar-refractivity contribution < 1.29 is 31.5 Å². The summed E-state index contributed by atoms with van der Waals surface area (Å²) in [6.45, 7) is 3.16. The van der Waals surface area contributed by atoms with Crippen molar-refractivity contribution in [3.05, 3.63) is 53.6 Å². The Kier molecular flexibility index (Phi) is 12.9. The zero-order valence-electron chi connectivity index (χ0n) is 23.8. The molecule has 218 valence electrons. The monoisotopic (exact) mass is 580 g/mol. The molecular weight excluding hydrogens is 536 g/mol. The summed E-state index contributed by atoms with van der Waals surface area (Å²) >= 11 is 1.90. The highest BCUT2D eigenvalue weighted by Crippen LogP contribution is 2.52. The van der Waals surface area contributed by atoms with Gasteiger partial charge in [-0.15, -0.1) is 11.8 Å². The molecule has 1 aliphatic rings. The van der Waals surface area contributed by atoms with E-state index in [2.05, 4.69) is 37.3 Å². The van der Waals surface area contributed by atoms with Crippen LogP contribution in [0.4, 0.5) is 0 Å². The summed E-state index contributed by atoms with van der Waals surface area (Å²) in [6, 6.07) is 14.9. The average molecular weight is 581 g/mol. The van der Waals surface area contributed by atoms with Crippen LogP contribution in [0.3, 0.4) is 0 Å². The number of ether oxygens (including phenoxy) is 4. The van der Waals surface area contributed by atoms with E-state index in [0.717, 1.165) is 55.6 Å². The van der Waals surface area contributed by atoms with Gasteiger partial charge in [-0.2, -0.15) is 8.42 Å². The lowest BCUT2D eigenvalue weighted by molar-refractivity contribution is 0.0508. The fourth-order valence-corrected chi connectivity index (χ4v) is 7.00. The van der Waals surface area contributed by atoms with Crippen LogP contribution in [-0.4, -0.2) is 54.8 Å². The molecule has 0 saturated carbocycles. The molecular formula is C30H44O7S2. The maximum Gasteiger partial charge on any atom is 0.264 e. The number of rotatable bonds is 18. The van der Waals surface area contributed by atoms with Crippen LogP contribution in [0.5, 0.6) is 11.5 Å². The van der Waals surface area contributed by atoms with Crippen LogP contribution in [0.25, 0.3) is 0 Å². The molecule has 3 rings (SSSR count). The van der Waals surface area contributed by atoms with Gasteiger partial charge < -0.3 is 18.9 Å². The lowest BCUT2D eigenvalue weighted by Gasteiger charge is -2.43. The van der Waals surface area contributed by atoms with Crippen LogP contribution >= 0.6 is 11.8 Å². The molecule has 2 unspecified atom stereocenters. The minimum absolute atomic E-state index is 0.00797. The number of hydrogen-bond donors (Lipinski definition) is 0. The van der Waals surface area contributed by atoms with Crippen LogP contribution in [0.15, 0.2) is 47.4 Å². The SMILES string of the molecule is COCOc1ccc(C2(C)CSc3cc(OCOC)ccc3C2CCCCCCCCCOS(C)(=O)=O)cc1. The predicted octanol–water partition coefficient (Wildman–Crippen LogP) is 6.90. The maximum absolute atomic E-state index is 11.0. The highest BCUT2D eigenvalue weighted by atomic mass is 32.2. The van der Waals surface area contributed by atoms with E-state index < -0.39 is 10.1 Å². The van der Waals surface area contributed by atoms with Crippen LogP contribution in [0, 0.1) is 0 Å². The molecule has 1 aliphatic heterocycles. The van der Waals surface area contributed by atoms with Gasteiger partial charge >= 0.3 is 0 Å². The molecule has 0 spiro atoms. The van der Waals surface area contributed by atoms with Crippen molar-refractivity contribution in [3.63, 3.8) is 0 Å². The zero-order valence-corrected chi connectivity index (χ0v) is 25.4. The van der Waals surface area contributed by atoms with Crippen molar-refractivity contribution in [2.24, 2.45) is 0 Å². The van der Waals surface area contributed by atoms with Crippen LogP contribution in [-0.2, 0) is 29.2 Å². The summed E-state index contributed by atoms with van der Waals surface area (Å²) in [5.41, 5.74) is 2.71. The van der Waals surface area contributed by atoms with Gasteiger partial charge in [-0.25, -0.2) is 0 Å². The molecule has 0 radical (unpaired) electrons. The number of thioether (sulfide) groups is 1. The Morgan fingerprint density at radius 2 is 1.44 bits per heavy atom. The third-order valence-electron chi connectivity index (χ3n) is 7.29. The van der Waals surface area contributed by atoms with Crippen LogP contribution in [0.2, 0.25) is 0 Å². The molecule has 2 aromatic rings. The Labute approximate surface area is 239 Å². The predicted molar refractivity (Wildman–Crippen MR) is 156 cm³/mol. The smallest absolute Gasteiger partial charge is 0.264 e. The third-order valence-corrected chi connectivity index (χ3v) is 9.30. The van der Waals surface area contributed by atoms with Gasteiger partial charge in [-0.3, -0.25) is 4.18 Å². The first kappa shape index (κ1) is 31.7. The second kappa shape index (κ2) is 15.9. The Bertz CT molecular complexity index is 1100. The molecule has 7 nitrogen and oxygen atoms in total. The van der Waals surface area contributed by atoms with E-state index in [-0.39, 0.29) is 25.6 Å². The number of fused-ring (bicyclic) bond motifs is 1. The van der Waals surface area contributed by atoms with E-state index >= 15 is 0 Å². The van der Waals surface area contributed by atoms with Gasteiger partial charge in [0.1, 0.15) is 11.5 Å². The van der Waals surface area contributed by atoms with Gasteiger partial charge in [-0.05, 0) is 54.2 Å². The number of unbranched alkanes of at least 4 members (excludes halogenated alkanes) is 6. The quantitative estimate of drug-likeness (QED) is 0.107. The first-order valence-electron chi connectivity index (χ1n) is 13.7. The topological polar surface area (TPSA) is 80.3 Å². The van der Waals surface area contributed by atoms with Crippen molar-refractivity contribution in [2.75, 3.05) is 46.4 Å². The standard InChI is InChI=1S/C30H44O7S2/c1-30(24-13-15-25(16-14-24)35-22-33-2)21-38-29-20-26(36-23-34-3)17-18-27(29)28(30)12-10-8-6-5-7-9-11-19-37-39(4,31)32/h13-18,20,28H,5-12,19,21-23H2,1-4H3. The van der Waals surface area contributed by atoms with E-state index in [1.165, 1.54) is 35.3 Å². The summed E-state index contributed by atoms with van der Waals surface area (Å²) < 4.78 is 48.4. The molecule has 0 amide bonds. The van der Waals surface area contributed by atoms with E-state index in [1.54, 1.807) is 14.2 Å². The Morgan fingerprint density at radius 3 is 2.08 bits per heavy atom. The highest BCUT2D eigenvalue weighted by molar-refractivity contribution is 7.99. The molecule has 0 N–H and O–H groups in total. The molecule has 0 saturated heterocycles.